The van der Waals surface area contributed by atoms with E-state index in [2.05, 4.69) is 38.9 Å². The van der Waals surface area contributed by atoms with Gasteiger partial charge in [-0.25, -0.2) is 9.97 Å². The Kier molecular flexibility index (Phi) is 5.40. The first-order valence-corrected chi connectivity index (χ1v) is 8.94. The molecule has 2 aromatic heterocycles. The minimum Gasteiger partial charge on any atom is -0.290 e. The van der Waals surface area contributed by atoms with Crippen molar-refractivity contribution in [3.8, 4) is 0 Å². The lowest BCUT2D eigenvalue weighted by atomic mass is 10.1. The number of pyridine rings is 1. The summed E-state index contributed by atoms with van der Waals surface area (Å²) in [7, 11) is 0. The van der Waals surface area contributed by atoms with Crippen molar-refractivity contribution < 1.29 is 0 Å². The van der Waals surface area contributed by atoms with Crippen LogP contribution >= 0.6 is 11.8 Å². The van der Waals surface area contributed by atoms with E-state index in [9.17, 15) is 0 Å². The second kappa shape index (κ2) is 7.70. The first kappa shape index (κ1) is 15.4. The summed E-state index contributed by atoms with van der Waals surface area (Å²) in [4.78, 5) is 15.9. The summed E-state index contributed by atoms with van der Waals surface area (Å²) in [5.74, 6) is 1.08. The molecule has 1 saturated heterocycles. The number of likely N-dealkylation sites (tertiary alicyclic amines) is 1. The van der Waals surface area contributed by atoms with Gasteiger partial charge in [0, 0.05) is 36.5 Å². The zero-order valence-electron chi connectivity index (χ0n) is 13.0. The highest BCUT2D eigenvalue weighted by Crippen LogP contribution is 2.31. The van der Waals surface area contributed by atoms with Gasteiger partial charge in [-0.1, -0.05) is 24.8 Å². The van der Waals surface area contributed by atoms with Crippen molar-refractivity contribution in [2.24, 2.45) is 0 Å². The van der Waals surface area contributed by atoms with Crippen molar-refractivity contribution in [1.29, 1.82) is 0 Å². The highest BCUT2D eigenvalue weighted by molar-refractivity contribution is 7.99. The second-order valence-electron chi connectivity index (χ2n) is 5.61. The topological polar surface area (TPSA) is 41.9 Å². The normalized spacial score (nSPS) is 18.7. The van der Waals surface area contributed by atoms with E-state index in [4.69, 9.17) is 0 Å². The molecule has 116 valence electrons. The lowest BCUT2D eigenvalue weighted by molar-refractivity contribution is 0.243. The molecule has 3 heterocycles. The van der Waals surface area contributed by atoms with Gasteiger partial charge < -0.3 is 0 Å². The fraction of sp³-hybridized carbons (Fsp3) is 0.471. The predicted octanol–water partition coefficient (Wildman–Crippen LogP) is 3.71. The van der Waals surface area contributed by atoms with Gasteiger partial charge in [0.25, 0.3) is 0 Å². The van der Waals surface area contributed by atoms with Crippen LogP contribution in [0.25, 0.3) is 0 Å². The Labute approximate surface area is 136 Å². The van der Waals surface area contributed by atoms with Crippen LogP contribution in [-0.2, 0) is 6.54 Å². The molecule has 4 nitrogen and oxygen atoms in total. The molecule has 0 spiro atoms. The van der Waals surface area contributed by atoms with E-state index in [0.29, 0.717) is 6.04 Å². The number of nitrogens with zero attached hydrogens (tertiary/aromatic N) is 4. The van der Waals surface area contributed by atoms with Gasteiger partial charge >= 0.3 is 0 Å². The molecule has 1 fully saturated rings. The van der Waals surface area contributed by atoms with Gasteiger partial charge in [0.1, 0.15) is 0 Å². The lowest BCUT2D eigenvalue weighted by Gasteiger charge is -2.23. The number of rotatable bonds is 6. The molecule has 1 aliphatic heterocycles. The van der Waals surface area contributed by atoms with Crippen molar-refractivity contribution in [2.75, 3.05) is 12.3 Å². The molecule has 0 bridgehead atoms. The Morgan fingerprint density at radius 2 is 2.09 bits per heavy atom. The molecule has 0 unspecified atom stereocenters. The minimum absolute atomic E-state index is 0.426. The summed E-state index contributed by atoms with van der Waals surface area (Å²) in [5.41, 5.74) is 2.36. The Morgan fingerprint density at radius 3 is 2.82 bits per heavy atom. The van der Waals surface area contributed by atoms with Crippen molar-refractivity contribution in [3.05, 3.63) is 48.0 Å². The second-order valence-corrected chi connectivity index (χ2v) is 6.67. The number of aromatic nitrogens is 3. The van der Waals surface area contributed by atoms with Crippen LogP contribution in [0.1, 0.15) is 43.5 Å². The number of thioether (sulfide) groups is 1. The first-order valence-electron chi connectivity index (χ1n) is 7.95. The van der Waals surface area contributed by atoms with Gasteiger partial charge in [-0.3, -0.25) is 9.88 Å². The Bertz CT molecular complexity index is 573. The standard InChI is InChI=1S/C17H22N4S/c1-2-10-22-17-19-11-14(12-20-17)13-21-9-5-7-16(21)15-6-3-4-8-18-15/h3-4,6,8,11-12,16H,2,5,7,9-10,13H2,1H3/t16-/m1/s1. The quantitative estimate of drug-likeness (QED) is 0.600. The minimum atomic E-state index is 0.426. The van der Waals surface area contributed by atoms with Gasteiger partial charge in [0.05, 0.1) is 11.7 Å². The van der Waals surface area contributed by atoms with Crippen molar-refractivity contribution in [3.63, 3.8) is 0 Å². The lowest BCUT2D eigenvalue weighted by Crippen LogP contribution is -2.23. The average molecular weight is 314 g/mol. The monoisotopic (exact) mass is 314 g/mol. The molecule has 0 saturated carbocycles. The highest BCUT2D eigenvalue weighted by Gasteiger charge is 2.26. The smallest absolute Gasteiger partial charge is 0.187 e. The largest absolute Gasteiger partial charge is 0.290 e. The maximum absolute atomic E-state index is 4.52. The van der Waals surface area contributed by atoms with Gasteiger partial charge in [0.2, 0.25) is 0 Å². The van der Waals surface area contributed by atoms with Crippen LogP contribution < -0.4 is 0 Å². The fourth-order valence-corrected chi connectivity index (χ4v) is 3.49. The summed E-state index contributed by atoms with van der Waals surface area (Å²) in [6, 6.07) is 6.60. The SMILES string of the molecule is CCCSc1ncc(CN2CCC[C@@H]2c2ccccn2)cn1. The van der Waals surface area contributed by atoms with E-state index in [1.54, 1.807) is 11.8 Å². The zero-order chi connectivity index (χ0) is 15.2. The molecule has 0 radical (unpaired) electrons. The molecule has 2 aromatic rings. The van der Waals surface area contributed by atoms with Crippen LogP contribution in [-0.4, -0.2) is 32.1 Å². The molecule has 3 rings (SSSR count). The van der Waals surface area contributed by atoms with Crippen LogP contribution in [0, 0.1) is 0 Å². The molecule has 0 amide bonds. The molecule has 1 aliphatic rings. The third-order valence-electron chi connectivity index (χ3n) is 3.90. The first-order chi connectivity index (χ1) is 10.9. The maximum Gasteiger partial charge on any atom is 0.187 e. The van der Waals surface area contributed by atoms with Crippen LogP contribution in [0.2, 0.25) is 0 Å². The van der Waals surface area contributed by atoms with E-state index in [1.165, 1.54) is 24.1 Å². The van der Waals surface area contributed by atoms with Crippen LogP contribution in [0.3, 0.4) is 0 Å². The number of hydrogen-bond donors (Lipinski definition) is 0. The Morgan fingerprint density at radius 1 is 1.23 bits per heavy atom. The summed E-state index contributed by atoms with van der Waals surface area (Å²) in [6.07, 6.45) is 9.39. The summed E-state index contributed by atoms with van der Waals surface area (Å²) >= 11 is 1.72. The van der Waals surface area contributed by atoms with E-state index in [0.717, 1.165) is 30.4 Å². The predicted molar refractivity (Wildman–Crippen MR) is 89.7 cm³/mol. The third kappa shape index (κ3) is 3.84. The number of hydrogen-bond acceptors (Lipinski definition) is 5. The summed E-state index contributed by atoms with van der Waals surface area (Å²) in [5, 5.41) is 0.883. The fourth-order valence-electron chi connectivity index (χ4n) is 2.85. The molecule has 5 heteroatoms. The van der Waals surface area contributed by atoms with E-state index in [1.807, 2.05) is 24.7 Å². The van der Waals surface area contributed by atoms with Crippen molar-refractivity contribution in [2.45, 2.75) is 43.9 Å². The average Bonchev–Trinajstić information content (AvgIpc) is 3.03. The van der Waals surface area contributed by atoms with Crippen molar-refractivity contribution in [1.82, 2.24) is 19.9 Å². The Hall–Kier alpha value is -1.46. The molecular formula is C17H22N4S. The molecule has 0 N–H and O–H groups in total. The summed E-state index contributed by atoms with van der Waals surface area (Å²) in [6.45, 7) is 4.19. The highest BCUT2D eigenvalue weighted by atomic mass is 32.2. The Balaban J connectivity index is 1.64. The van der Waals surface area contributed by atoms with Gasteiger partial charge in [-0.05, 0) is 37.9 Å². The molecule has 0 aliphatic carbocycles. The van der Waals surface area contributed by atoms with E-state index in [-0.39, 0.29) is 0 Å². The zero-order valence-corrected chi connectivity index (χ0v) is 13.8. The summed E-state index contributed by atoms with van der Waals surface area (Å²) < 4.78 is 0. The maximum atomic E-state index is 4.52. The van der Waals surface area contributed by atoms with Gasteiger partial charge in [-0.2, -0.15) is 0 Å². The van der Waals surface area contributed by atoms with Crippen LogP contribution in [0.4, 0.5) is 0 Å². The molecule has 22 heavy (non-hydrogen) atoms. The van der Waals surface area contributed by atoms with Crippen LogP contribution in [0.15, 0.2) is 41.9 Å². The van der Waals surface area contributed by atoms with E-state index >= 15 is 0 Å². The van der Waals surface area contributed by atoms with Gasteiger partial charge in [-0.15, -0.1) is 0 Å². The molecular weight excluding hydrogens is 292 g/mol. The van der Waals surface area contributed by atoms with E-state index < -0.39 is 0 Å². The van der Waals surface area contributed by atoms with Gasteiger partial charge in [0.15, 0.2) is 5.16 Å². The molecule has 0 aromatic carbocycles. The van der Waals surface area contributed by atoms with Crippen molar-refractivity contribution >= 4 is 11.8 Å². The van der Waals surface area contributed by atoms with Crippen LogP contribution in [0.5, 0.6) is 0 Å². The molecule has 1 atom stereocenters. The third-order valence-corrected chi connectivity index (χ3v) is 4.98.